The molecular weight excluding hydrogens is 344 g/mol. The zero-order chi connectivity index (χ0) is 19.6. The Kier molecular flexibility index (Phi) is 5.44. The van der Waals surface area contributed by atoms with Gasteiger partial charge < -0.3 is 10.0 Å². The van der Waals surface area contributed by atoms with Crippen LogP contribution in [0, 0.1) is 6.92 Å². The van der Waals surface area contributed by atoms with Gasteiger partial charge in [0.1, 0.15) is 5.56 Å². The highest BCUT2D eigenvalue weighted by Gasteiger charge is 2.23. The fraction of sp³-hybridized carbons (Fsp3) is 0.381. The molecule has 6 heteroatoms. The number of benzene rings is 1. The average molecular weight is 368 g/mol. The largest absolute Gasteiger partial charge is 0.477 e. The molecule has 6 nitrogen and oxygen atoms in total. The summed E-state index contributed by atoms with van der Waals surface area (Å²) in [5, 5.41) is 9.30. The highest BCUT2D eigenvalue weighted by molar-refractivity contribution is 5.95. The summed E-state index contributed by atoms with van der Waals surface area (Å²) in [4.78, 5) is 38.6. The van der Waals surface area contributed by atoms with E-state index >= 15 is 0 Å². The molecule has 1 aromatic carbocycles. The van der Waals surface area contributed by atoms with E-state index in [0.29, 0.717) is 16.8 Å². The molecule has 1 aromatic heterocycles. The van der Waals surface area contributed by atoms with Gasteiger partial charge >= 0.3 is 5.97 Å². The third-order valence-electron chi connectivity index (χ3n) is 5.33. The fourth-order valence-electron chi connectivity index (χ4n) is 3.72. The standard InChI is InChI=1S/C21H24N2O4/c1-14-11-12-23(20(25)18(14)21(26)27)17-10-6-7-15(13-17)19(24)22(2)16-8-4-3-5-9-16/h6-7,10-13,16H,3-5,8-9H2,1-2H3,(H,26,27). The number of carboxylic acid groups (broad SMARTS) is 1. The minimum absolute atomic E-state index is 0.0811. The summed E-state index contributed by atoms with van der Waals surface area (Å²) in [6.45, 7) is 1.59. The molecule has 1 aliphatic carbocycles. The van der Waals surface area contributed by atoms with Crippen LogP contribution in [0.3, 0.4) is 0 Å². The van der Waals surface area contributed by atoms with Crippen LogP contribution in [0.15, 0.2) is 41.3 Å². The number of nitrogens with zero attached hydrogens (tertiary/aromatic N) is 2. The average Bonchev–Trinajstić information content (AvgIpc) is 2.67. The van der Waals surface area contributed by atoms with Crippen LogP contribution in [-0.4, -0.2) is 39.5 Å². The molecule has 0 atom stereocenters. The number of carboxylic acids is 1. The smallest absolute Gasteiger partial charge is 0.341 e. The summed E-state index contributed by atoms with van der Waals surface area (Å²) in [5.41, 5.74) is 0.518. The molecule has 0 spiro atoms. The van der Waals surface area contributed by atoms with Crippen molar-refractivity contribution in [3.8, 4) is 5.69 Å². The molecule has 0 radical (unpaired) electrons. The van der Waals surface area contributed by atoms with Gasteiger partial charge in [-0.2, -0.15) is 0 Å². The molecule has 0 aliphatic heterocycles. The Balaban J connectivity index is 1.94. The number of amides is 1. The van der Waals surface area contributed by atoms with E-state index in [4.69, 9.17) is 0 Å². The van der Waals surface area contributed by atoms with Crippen LogP contribution >= 0.6 is 0 Å². The maximum absolute atomic E-state index is 12.9. The minimum Gasteiger partial charge on any atom is -0.477 e. The molecule has 0 bridgehead atoms. The molecule has 0 saturated heterocycles. The second-order valence-corrected chi connectivity index (χ2v) is 7.11. The minimum atomic E-state index is -1.25. The van der Waals surface area contributed by atoms with Crippen LogP contribution in [0.5, 0.6) is 0 Å². The summed E-state index contributed by atoms with van der Waals surface area (Å²) in [7, 11) is 1.82. The van der Waals surface area contributed by atoms with Crippen molar-refractivity contribution < 1.29 is 14.7 Å². The lowest BCUT2D eigenvalue weighted by Gasteiger charge is -2.31. The highest BCUT2D eigenvalue weighted by atomic mass is 16.4. The number of pyridine rings is 1. The van der Waals surface area contributed by atoms with Crippen molar-refractivity contribution in [2.45, 2.75) is 45.1 Å². The molecule has 27 heavy (non-hydrogen) atoms. The SMILES string of the molecule is Cc1ccn(-c2cccc(C(=O)N(C)C3CCCCC3)c2)c(=O)c1C(=O)O. The lowest BCUT2D eigenvalue weighted by atomic mass is 9.94. The number of hydrogen-bond donors (Lipinski definition) is 1. The van der Waals surface area contributed by atoms with Crippen LogP contribution in [0.1, 0.15) is 58.4 Å². The molecule has 1 aliphatic rings. The summed E-state index contributed by atoms with van der Waals surface area (Å²) in [5.74, 6) is -1.33. The molecule has 1 amide bonds. The zero-order valence-electron chi connectivity index (χ0n) is 15.6. The highest BCUT2D eigenvalue weighted by Crippen LogP contribution is 2.23. The molecule has 1 saturated carbocycles. The van der Waals surface area contributed by atoms with Gasteiger partial charge in [-0.3, -0.25) is 14.2 Å². The zero-order valence-corrected chi connectivity index (χ0v) is 15.6. The van der Waals surface area contributed by atoms with Crippen LogP contribution in [0.25, 0.3) is 5.69 Å². The predicted octanol–water partition coefficient (Wildman–Crippen LogP) is 3.25. The van der Waals surface area contributed by atoms with E-state index < -0.39 is 11.5 Å². The lowest BCUT2D eigenvalue weighted by molar-refractivity contribution is 0.0685. The van der Waals surface area contributed by atoms with Crippen LogP contribution in [-0.2, 0) is 0 Å². The van der Waals surface area contributed by atoms with Crippen molar-refractivity contribution >= 4 is 11.9 Å². The Morgan fingerprint density at radius 2 is 1.85 bits per heavy atom. The first-order valence-electron chi connectivity index (χ1n) is 9.23. The summed E-state index contributed by atoms with van der Waals surface area (Å²) < 4.78 is 1.27. The molecule has 1 fully saturated rings. The predicted molar refractivity (Wildman–Crippen MR) is 103 cm³/mol. The van der Waals surface area contributed by atoms with E-state index in [-0.39, 0.29) is 17.5 Å². The van der Waals surface area contributed by atoms with E-state index in [1.807, 2.05) is 7.05 Å². The van der Waals surface area contributed by atoms with Crippen molar-refractivity contribution in [1.82, 2.24) is 9.47 Å². The maximum Gasteiger partial charge on any atom is 0.341 e. The van der Waals surface area contributed by atoms with Gasteiger partial charge in [0, 0.05) is 30.5 Å². The first kappa shape index (κ1) is 18.9. The monoisotopic (exact) mass is 368 g/mol. The summed E-state index contributed by atoms with van der Waals surface area (Å²) >= 11 is 0. The van der Waals surface area contributed by atoms with Crippen molar-refractivity contribution in [2.75, 3.05) is 7.05 Å². The molecule has 3 rings (SSSR count). The third-order valence-corrected chi connectivity index (χ3v) is 5.33. The Morgan fingerprint density at radius 3 is 2.52 bits per heavy atom. The van der Waals surface area contributed by atoms with E-state index in [0.717, 1.165) is 25.7 Å². The van der Waals surface area contributed by atoms with E-state index in [1.165, 1.54) is 11.0 Å². The maximum atomic E-state index is 12.9. The van der Waals surface area contributed by atoms with Gasteiger partial charge in [-0.15, -0.1) is 0 Å². The Bertz CT molecular complexity index is 926. The van der Waals surface area contributed by atoms with Gasteiger partial charge in [-0.1, -0.05) is 25.3 Å². The Labute approximate surface area is 158 Å². The van der Waals surface area contributed by atoms with Crippen molar-refractivity contribution in [2.24, 2.45) is 0 Å². The number of aromatic nitrogens is 1. The van der Waals surface area contributed by atoms with Crippen LogP contribution in [0.4, 0.5) is 0 Å². The number of carbonyl (C=O) groups excluding carboxylic acids is 1. The van der Waals surface area contributed by atoms with Gasteiger partial charge in [-0.05, 0) is 49.6 Å². The second-order valence-electron chi connectivity index (χ2n) is 7.11. The van der Waals surface area contributed by atoms with E-state index in [2.05, 4.69) is 0 Å². The van der Waals surface area contributed by atoms with Crippen molar-refractivity contribution in [3.63, 3.8) is 0 Å². The quantitative estimate of drug-likeness (QED) is 0.898. The number of carbonyl (C=O) groups is 2. The number of aromatic carboxylic acids is 1. The molecule has 142 valence electrons. The lowest BCUT2D eigenvalue weighted by Crippen LogP contribution is -2.38. The van der Waals surface area contributed by atoms with Crippen LogP contribution < -0.4 is 5.56 Å². The van der Waals surface area contributed by atoms with Gasteiger partial charge in [0.25, 0.3) is 11.5 Å². The number of aryl methyl sites for hydroxylation is 1. The van der Waals surface area contributed by atoms with Crippen molar-refractivity contribution in [3.05, 3.63) is 63.6 Å². The third kappa shape index (κ3) is 3.79. The molecule has 2 aromatic rings. The number of hydrogen-bond acceptors (Lipinski definition) is 3. The van der Waals surface area contributed by atoms with Crippen molar-refractivity contribution in [1.29, 1.82) is 0 Å². The molecule has 1 N–H and O–H groups in total. The molecule has 1 heterocycles. The first-order valence-corrected chi connectivity index (χ1v) is 9.23. The van der Waals surface area contributed by atoms with Gasteiger partial charge in [-0.25, -0.2) is 4.79 Å². The molecular formula is C21H24N2O4. The van der Waals surface area contributed by atoms with Crippen LogP contribution in [0.2, 0.25) is 0 Å². The second kappa shape index (κ2) is 7.78. The van der Waals surface area contributed by atoms with Gasteiger partial charge in [0.05, 0.1) is 0 Å². The Hall–Kier alpha value is -2.89. The molecule has 0 unspecified atom stereocenters. The normalized spacial score (nSPS) is 14.7. The summed E-state index contributed by atoms with van der Waals surface area (Å²) in [6, 6.07) is 8.61. The van der Waals surface area contributed by atoms with Gasteiger partial charge in [0.2, 0.25) is 0 Å². The number of rotatable bonds is 4. The van der Waals surface area contributed by atoms with Gasteiger partial charge in [0.15, 0.2) is 0 Å². The first-order chi connectivity index (χ1) is 12.9. The van der Waals surface area contributed by atoms with E-state index in [1.54, 1.807) is 48.4 Å². The Morgan fingerprint density at radius 1 is 1.15 bits per heavy atom. The van der Waals surface area contributed by atoms with E-state index in [9.17, 15) is 19.5 Å². The topological polar surface area (TPSA) is 79.6 Å². The fourth-order valence-corrected chi connectivity index (χ4v) is 3.72. The summed E-state index contributed by atoms with van der Waals surface area (Å²) in [6.07, 6.45) is 7.07.